The third kappa shape index (κ3) is 2.78. The molecule has 0 radical (unpaired) electrons. The van der Waals surface area contributed by atoms with Crippen LogP contribution in [0.2, 0.25) is 0 Å². The lowest BCUT2D eigenvalue weighted by Gasteiger charge is -2.33. The van der Waals surface area contributed by atoms with Crippen molar-refractivity contribution in [1.82, 2.24) is 5.32 Å². The summed E-state index contributed by atoms with van der Waals surface area (Å²) in [6.45, 7) is 0. The molecule has 1 aromatic carbocycles. The SMILES string of the molecule is O=C1CCCC2=C1C(c1ccc(F)c(C(F)(F)F)c1)C1=C(CCS1)N2. The predicted molar refractivity (Wildman–Crippen MR) is 87.3 cm³/mol. The van der Waals surface area contributed by atoms with Gasteiger partial charge in [-0.05, 0) is 37.0 Å². The monoisotopic (exact) mass is 369 g/mol. The second-order valence-corrected chi connectivity index (χ2v) is 7.54. The molecule has 1 aliphatic carbocycles. The fourth-order valence-corrected chi connectivity index (χ4v) is 5.03. The molecule has 2 nitrogen and oxygen atoms in total. The highest BCUT2D eigenvalue weighted by Gasteiger charge is 2.40. The third-order valence-corrected chi connectivity index (χ3v) is 6.05. The minimum Gasteiger partial charge on any atom is -0.361 e. The molecule has 25 heavy (non-hydrogen) atoms. The maximum atomic E-state index is 13.7. The quantitative estimate of drug-likeness (QED) is 0.715. The third-order valence-electron chi connectivity index (χ3n) is 4.84. The highest BCUT2D eigenvalue weighted by molar-refractivity contribution is 8.03. The molecular formula is C18H15F4NOS. The molecule has 0 aromatic heterocycles. The number of carbonyl (C=O) groups is 1. The molecule has 0 saturated heterocycles. The van der Waals surface area contributed by atoms with Crippen LogP contribution in [-0.4, -0.2) is 11.5 Å². The van der Waals surface area contributed by atoms with Crippen LogP contribution in [0.25, 0.3) is 0 Å². The molecule has 1 atom stereocenters. The van der Waals surface area contributed by atoms with Crippen LogP contribution in [-0.2, 0) is 11.0 Å². The first kappa shape index (κ1) is 16.7. The average Bonchev–Trinajstić information content (AvgIpc) is 3.01. The summed E-state index contributed by atoms with van der Waals surface area (Å²) >= 11 is 1.56. The Bertz CT molecular complexity index is 825. The lowest BCUT2D eigenvalue weighted by molar-refractivity contribution is -0.140. The van der Waals surface area contributed by atoms with Crippen molar-refractivity contribution in [2.24, 2.45) is 0 Å². The molecule has 0 spiro atoms. The minimum absolute atomic E-state index is 0.0318. The Kier molecular flexibility index (Phi) is 3.94. The van der Waals surface area contributed by atoms with E-state index in [0.29, 0.717) is 24.0 Å². The molecule has 4 rings (SSSR count). The van der Waals surface area contributed by atoms with Crippen LogP contribution in [0.1, 0.15) is 42.7 Å². The standard InChI is InChI=1S/C18H15F4NOS/c19-11-5-4-9(8-10(11)18(20,21)22)15-16-12(2-1-3-14(16)24)23-13-6-7-25-17(13)15/h4-5,8,15,23H,1-3,6-7H2. The van der Waals surface area contributed by atoms with Gasteiger partial charge in [-0.1, -0.05) is 6.07 Å². The first-order valence-electron chi connectivity index (χ1n) is 8.12. The van der Waals surface area contributed by atoms with Gasteiger partial charge in [0.05, 0.1) is 5.56 Å². The van der Waals surface area contributed by atoms with Gasteiger partial charge in [-0.25, -0.2) is 4.39 Å². The number of dihydropyridines is 1. The van der Waals surface area contributed by atoms with Crippen LogP contribution in [0, 0.1) is 5.82 Å². The number of alkyl halides is 3. The Balaban J connectivity index is 1.88. The molecule has 132 valence electrons. The highest BCUT2D eigenvalue weighted by Crippen LogP contribution is 2.50. The lowest BCUT2D eigenvalue weighted by atomic mass is 9.79. The average molecular weight is 369 g/mol. The molecule has 2 heterocycles. The van der Waals surface area contributed by atoms with E-state index in [9.17, 15) is 22.4 Å². The van der Waals surface area contributed by atoms with E-state index in [1.165, 1.54) is 6.07 Å². The second-order valence-electron chi connectivity index (χ2n) is 6.41. The fraction of sp³-hybridized carbons (Fsp3) is 0.389. The largest absolute Gasteiger partial charge is 0.419 e. The second kappa shape index (κ2) is 5.90. The van der Waals surface area contributed by atoms with Crippen molar-refractivity contribution in [2.45, 2.75) is 37.8 Å². The minimum atomic E-state index is -4.76. The molecule has 0 amide bonds. The van der Waals surface area contributed by atoms with Crippen LogP contribution in [0.3, 0.4) is 0 Å². The van der Waals surface area contributed by atoms with Crippen LogP contribution in [0.15, 0.2) is 40.1 Å². The van der Waals surface area contributed by atoms with Crippen LogP contribution in [0.4, 0.5) is 17.6 Å². The van der Waals surface area contributed by atoms with Crippen molar-refractivity contribution in [1.29, 1.82) is 0 Å². The summed E-state index contributed by atoms with van der Waals surface area (Å²) in [6, 6.07) is 3.09. The van der Waals surface area contributed by atoms with E-state index in [-0.39, 0.29) is 5.78 Å². The van der Waals surface area contributed by atoms with Gasteiger partial charge in [0, 0.05) is 40.0 Å². The van der Waals surface area contributed by atoms with Gasteiger partial charge >= 0.3 is 6.18 Å². The lowest BCUT2D eigenvalue weighted by Crippen LogP contribution is -2.30. The first-order chi connectivity index (χ1) is 11.9. The number of allylic oxidation sites excluding steroid dienone is 4. The van der Waals surface area contributed by atoms with E-state index in [0.717, 1.165) is 47.0 Å². The summed E-state index contributed by atoms with van der Waals surface area (Å²) in [5.74, 6) is -1.01. The van der Waals surface area contributed by atoms with Crippen LogP contribution < -0.4 is 5.32 Å². The Morgan fingerprint density at radius 3 is 2.68 bits per heavy atom. The van der Waals surface area contributed by atoms with Gasteiger partial charge in [0.15, 0.2) is 5.78 Å². The molecule has 0 bridgehead atoms. The highest BCUT2D eigenvalue weighted by atomic mass is 32.2. The zero-order valence-corrected chi connectivity index (χ0v) is 14.0. The number of carbonyl (C=O) groups excluding carboxylic acids is 1. The Morgan fingerprint density at radius 1 is 1.12 bits per heavy atom. The maximum absolute atomic E-state index is 13.7. The van der Waals surface area contributed by atoms with Crippen LogP contribution >= 0.6 is 11.8 Å². The van der Waals surface area contributed by atoms with Gasteiger partial charge in [-0.2, -0.15) is 13.2 Å². The van der Waals surface area contributed by atoms with Crippen molar-refractivity contribution >= 4 is 17.5 Å². The van der Waals surface area contributed by atoms with Gasteiger partial charge < -0.3 is 5.32 Å². The molecule has 0 saturated carbocycles. The molecular weight excluding hydrogens is 354 g/mol. The number of hydrogen-bond donors (Lipinski definition) is 1. The Labute approximate surface area is 146 Å². The van der Waals surface area contributed by atoms with Crippen molar-refractivity contribution in [3.05, 3.63) is 57.0 Å². The van der Waals surface area contributed by atoms with Crippen molar-refractivity contribution in [3.8, 4) is 0 Å². The Hall–Kier alpha value is -1.76. The number of Topliss-reactive ketones (excluding diaryl/α,β-unsaturated/α-hetero) is 1. The van der Waals surface area contributed by atoms with E-state index >= 15 is 0 Å². The fourth-order valence-electron chi connectivity index (χ4n) is 3.75. The molecule has 1 N–H and O–H groups in total. The van der Waals surface area contributed by atoms with Gasteiger partial charge in [0.2, 0.25) is 0 Å². The normalized spacial score (nSPS) is 23.5. The maximum Gasteiger partial charge on any atom is 0.419 e. The van der Waals surface area contributed by atoms with E-state index in [1.807, 2.05) is 0 Å². The zero-order valence-electron chi connectivity index (χ0n) is 13.2. The molecule has 7 heteroatoms. The van der Waals surface area contributed by atoms with Crippen molar-refractivity contribution in [2.75, 3.05) is 5.75 Å². The molecule has 1 aromatic rings. The smallest absolute Gasteiger partial charge is 0.361 e. The number of benzene rings is 1. The summed E-state index contributed by atoms with van der Waals surface area (Å²) in [4.78, 5) is 13.4. The number of rotatable bonds is 1. The first-order valence-corrected chi connectivity index (χ1v) is 9.10. The van der Waals surface area contributed by atoms with E-state index < -0.39 is 23.5 Å². The predicted octanol–water partition coefficient (Wildman–Crippen LogP) is 4.89. The van der Waals surface area contributed by atoms with Crippen LogP contribution in [0.5, 0.6) is 0 Å². The van der Waals surface area contributed by atoms with Crippen molar-refractivity contribution in [3.63, 3.8) is 0 Å². The number of nitrogens with one attached hydrogen (secondary N) is 1. The number of halogens is 4. The van der Waals surface area contributed by atoms with E-state index in [2.05, 4.69) is 5.32 Å². The summed E-state index contributed by atoms with van der Waals surface area (Å²) in [6.07, 6.45) is -2.11. The van der Waals surface area contributed by atoms with Gasteiger partial charge in [-0.15, -0.1) is 11.8 Å². The van der Waals surface area contributed by atoms with Gasteiger partial charge in [0.25, 0.3) is 0 Å². The summed E-state index contributed by atoms with van der Waals surface area (Å²) in [5, 5.41) is 3.33. The molecule has 2 aliphatic heterocycles. The van der Waals surface area contributed by atoms with Gasteiger partial charge in [-0.3, -0.25) is 4.79 Å². The number of ketones is 1. The summed E-state index contributed by atoms with van der Waals surface area (Å²) < 4.78 is 53.1. The molecule has 0 fully saturated rings. The van der Waals surface area contributed by atoms with E-state index in [4.69, 9.17) is 0 Å². The van der Waals surface area contributed by atoms with Gasteiger partial charge in [0.1, 0.15) is 5.82 Å². The summed E-state index contributed by atoms with van der Waals surface area (Å²) in [7, 11) is 0. The summed E-state index contributed by atoms with van der Waals surface area (Å²) in [5.41, 5.74) is 1.42. The molecule has 1 unspecified atom stereocenters. The topological polar surface area (TPSA) is 29.1 Å². The number of hydrogen-bond acceptors (Lipinski definition) is 3. The zero-order chi connectivity index (χ0) is 17.8. The van der Waals surface area contributed by atoms with Crippen molar-refractivity contribution < 1.29 is 22.4 Å². The van der Waals surface area contributed by atoms with E-state index in [1.54, 1.807) is 11.8 Å². The number of thioether (sulfide) groups is 1. The Morgan fingerprint density at radius 2 is 1.92 bits per heavy atom. The molecule has 3 aliphatic rings.